The fourth-order valence-electron chi connectivity index (χ4n) is 3.89. The molecule has 0 radical (unpaired) electrons. The van der Waals surface area contributed by atoms with E-state index in [1.54, 1.807) is 6.92 Å². The van der Waals surface area contributed by atoms with Crippen LogP contribution in [0.3, 0.4) is 0 Å². The van der Waals surface area contributed by atoms with E-state index in [9.17, 15) is 18.7 Å². The molecule has 4 rings (SSSR count). The van der Waals surface area contributed by atoms with Gasteiger partial charge in [-0.1, -0.05) is 23.9 Å². The first-order chi connectivity index (χ1) is 14.2. The largest absolute Gasteiger partial charge is 0.480 e. The lowest BCUT2D eigenvalue weighted by Gasteiger charge is -2.33. The number of rotatable bonds is 4. The minimum absolute atomic E-state index is 0.0444. The molecule has 1 aromatic heterocycles. The van der Waals surface area contributed by atoms with E-state index < -0.39 is 33.8 Å². The van der Waals surface area contributed by atoms with Crippen LogP contribution in [0.25, 0.3) is 16.7 Å². The van der Waals surface area contributed by atoms with Gasteiger partial charge in [-0.05, 0) is 43.2 Å². The van der Waals surface area contributed by atoms with Crippen molar-refractivity contribution in [2.75, 3.05) is 0 Å². The number of hydrogen-bond donors (Lipinski definition) is 2. The van der Waals surface area contributed by atoms with Crippen molar-refractivity contribution in [3.63, 3.8) is 0 Å². The Balaban J connectivity index is 1.73. The van der Waals surface area contributed by atoms with Gasteiger partial charge >= 0.3 is 5.97 Å². The van der Waals surface area contributed by atoms with Gasteiger partial charge in [-0.3, -0.25) is 14.8 Å². The second kappa shape index (κ2) is 6.92. The zero-order valence-electron chi connectivity index (χ0n) is 15.8. The molecule has 1 fully saturated rings. The number of nitrogens with two attached hydrogens (primary N) is 1. The maximum Gasteiger partial charge on any atom is 0.320 e. The van der Waals surface area contributed by atoms with Crippen LogP contribution < -0.4 is 5.73 Å². The number of nitrogens with zero attached hydrogens (tertiary/aromatic N) is 3. The molecule has 152 valence electrons. The van der Waals surface area contributed by atoms with Crippen molar-refractivity contribution >= 4 is 40.5 Å². The molecule has 1 aliphatic carbocycles. The van der Waals surface area contributed by atoms with Gasteiger partial charge in [0.25, 0.3) is 0 Å². The highest BCUT2D eigenvalue weighted by molar-refractivity contribution is 8.15. The highest BCUT2D eigenvalue weighted by Gasteiger charge is 2.71. The van der Waals surface area contributed by atoms with Gasteiger partial charge in [-0.2, -0.15) is 0 Å². The lowest BCUT2D eigenvalue weighted by Crippen LogP contribution is -2.39. The number of pyridine rings is 1. The minimum atomic E-state index is -1.17. The molecule has 2 aromatic rings. The predicted octanol–water partition coefficient (Wildman–Crippen LogP) is 4.36. The number of amidine groups is 1. The number of hydrogen-bond acceptors (Lipinski definition) is 5. The molecular formula is C21H16F2N4O2S. The summed E-state index contributed by atoms with van der Waals surface area (Å²) in [5, 5.41) is 9.72. The summed E-state index contributed by atoms with van der Waals surface area (Å²) in [5.41, 5.74) is 5.58. The SMILES string of the molecule is [C-]#[N+]c1ccc(/C(F)=C/c2ccc(F)c([C@@]3(C)N=C(N)S[C@@]4(C(=O)O)C[C@H]43)c2)nc1. The Morgan fingerprint density at radius 1 is 1.43 bits per heavy atom. The normalized spacial score (nSPS) is 27.6. The number of halogens is 2. The molecule has 1 aliphatic heterocycles. The highest BCUT2D eigenvalue weighted by Crippen LogP contribution is 2.66. The number of fused-ring (bicyclic) bond motifs is 1. The summed E-state index contributed by atoms with van der Waals surface area (Å²) < 4.78 is 28.3. The smallest absolute Gasteiger partial charge is 0.320 e. The van der Waals surface area contributed by atoms with Gasteiger partial charge in [0.15, 0.2) is 5.17 Å². The van der Waals surface area contributed by atoms with Crippen molar-refractivity contribution in [1.82, 2.24) is 4.98 Å². The van der Waals surface area contributed by atoms with Crippen LogP contribution >= 0.6 is 11.8 Å². The van der Waals surface area contributed by atoms with Crippen molar-refractivity contribution in [1.29, 1.82) is 0 Å². The van der Waals surface area contributed by atoms with E-state index in [0.29, 0.717) is 17.7 Å². The maximum atomic E-state index is 14.8. The van der Waals surface area contributed by atoms with Crippen LogP contribution in [0.15, 0.2) is 41.5 Å². The van der Waals surface area contributed by atoms with Crippen LogP contribution in [0.5, 0.6) is 0 Å². The van der Waals surface area contributed by atoms with E-state index in [1.807, 2.05) is 0 Å². The molecule has 0 amide bonds. The number of carboxylic acid groups (broad SMARTS) is 1. The lowest BCUT2D eigenvalue weighted by atomic mass is 9.85. The zero-order valence-corrected chi connectivity index (χ0v) is 16.6. The molecule has 0 bridgehead atoms. The fraction of sp³-hybridized carbons (Fsp3) is 0.238. The standard InChI is InChI=1S/C21H16F2N4O2S/c1-20(17-9-21(17,18(28)29)30-19(24)27-20)13-7-11(3-5-14(13)22)8-15(23)16-6-4-12(25-2)10-26-16/h3-8,10,17H,9H2,1H3,(H2,24,27)(H,28,29)/b15-8-/t17-,20+,21-/m0/s1. The van der Waals surface area contributed by atoms with Gasteiger partial charge in [0.2, 0.25) is 5.69 Å². The number of aliphatic imine (C=N–C) groups is 1. The second-order valence-electron chi connectivity index (χ2n) is 7.40. The maximum absolute atomic E-state index is 14.8. The third kappa shape index (κ3) is 3.13. The van der Waals surface area contributed by atoms with Crippen LogP contribution in [-0.2, 0) is 10.3 Å². The van der Waals surface area contributed by atoms with Crippen molar-refractivity contribution in [2.24, 2.45) is 16.6 Å². The summed E-state index contributed by atoms with van der Waals surface area (Å²) in [7, 11) is 0. The fourth-order valence-corrected chi connectivity index (χ4v) is 5.21. The topological polar surface area (TPSA) is 92.9 Å². The zero-order chi connectivity index (χ0) is 21.7. The Labute approximate surface area is 175 Å². The van der Waals surface area contributed by atoms with Crippen molar-refractivity contribution in [2.45, 2.75) is 23.6 Å². The number of aromatic nitrogens is 1. The van der Waals surface area contributed by atoms with E-state index in [-0.39, 0.29) is 16.4 Å². The monoisotopic (exact) mass is 426 g/mol. The second-order valence-corrected chi connectivity index (χ2v) is 8.75. The van der Waals surface area contributed by atoms with Gasteiger partial charge in [0.05, 0.1) is 17.8 Å². The van der Waals surface area contributed by atoms with Gasteiger partial charge in [-0.25, -0.2) is 13.6 Å². The molecule has 2 aliphatic rings. The molecule has 30 heavy (non-hydrogen) atoms. The molecule has 1 aromatic carbocycles. The van der Waals surface area contributed by atoms with Crippen LogP contribution in [0, 0.1) is 18.3 Å². The van der Waals surface area contributed by atoms with Crippen LogP contribution in [-0.4, -0.2) is 26.0 Å². The summed E-state index contributed by atoms with van der Waals surface area (Å²) in [5.74, 6) is -2.65. The molecule has 6 nitrogen and oxygen atoms in total. The van der Waals surface area contributed by atoms with Gasteiger partial charge in [-0.15, -0.1) is 0 Å². The summed E-state index contributed by atoms with van der Waals surface area (Å²) in [6.07, 6.45) is 2.79. The lowest BCUT2D eigenvalue weighted by molar-refractivity contribution is -0.137. The molecule has 3 atom stereocenters. The first kappa shape index (κ1) is 20.0. The number of carbonyl (C=O) groups is 1. The predicted molar refractivity (Wildman–Crippen MR) is 111 cm³/mol. The Bertz CT molecular complexity index is 1160. The van der Waals surface area contributed by atoms with Crippen LogP contribution in [0.1, 0.15) is 30.2 Å². The Morgan fingerprint density at radius 3 is 2.83 bits per heavy atom. The van der Waals surface area contributed by atoms with E-state index >= 15 is 0 Å². The molecule has 0 spiro atoms. The van der Waals surface area contributed by atoms with E-state index in [4.69, 9.17) is 12.3 Å². The Hall–Kier alpha value is -3.25. The number of benzene rings is 1. The van der Waals surface area contributed by atoms with Crippen molar-refractivity contribution in [3.8, 4) is 0 Å². The van der Waals surface area contributed by atoms with Gasteiger partial charge in [0, 0.05) is 17.7 Å². The first-order valence-electron chi connectivity index (χ1n) is 8.98. The highest BCUT2D eigenvalue weighted by atomic mass is 32.2. The molecule has 1 saturated carbocycles. The Kier molecular flexibility index (Phi) is 4.62. The molecular weight excluding hydrogens is 410 g/mol. The third-order valence-electron chi connectivity index (χ3n) is 5.53. The van der Waals surface area contributed by atoms with Crippen LogP contribution in [0.4, 0.5) is 14.5 Å². The molecule has 0 saturated heterocycles. The summed E-state index contributed by atoms with van der Waals surface area (Å²) in [6.45, 7) is 8.57. The number of aliphatic carboxylic acids is 1. The van der Waals surface area contributed by atoms with Crippen LogP contribution in [0.2, 0.25) is 0 Å². The van der Waals surface area contributed by atoms with E-state index in [0.717, 1.165) is 11.8 Å². The molecule has 9 heteroatoms. The first-order valence-corrected chi connectivity index (χ1v) is 9.80. The van der Waals surface area contributed by atoms with Crippen molar-refractivity contribution < 1.29 is 18.7 Å². The molecule has 3 N–H and O–H groups in total. The van der Waals surface area contributed by atoms with E-state index in [2.05, 4.69) is 14.8 Å². The Morgan fingerprint density at radius 2 is 2.20 bits per heavy atom. The van der Waals surface area contributed by atoms with Gasteiger partial charge < -0.3 is 10.8 Å². The summed E-state index contributed by atoms with van der Waals surface area (Å²) in [6, 6.07) is 6.92. The number of thioether (sulfide) groups is 1. The van der Waals surface area contributed by atoms with Crippen molar-refractivity contribution in [3.05, 3.63) is 70.6 Å². The average molecular weight is 426 g/mol. The number of carboxylic acids is 1. The summed E-state index contributed by atoms with van der Waals surface area (Å²) >= 11 is 0.993. The quantitative estimate of drug-likeness (QED) is 0.709. The van der Waals surface area contributed by atoms with E-state index in [1.165, 1.54) is 42.6 Å². The summed E-state index contributed by atoms with van der Waals surface area (Å²) in [4.78, 5) is 23.3. The van der Waals surface area contributed by atoms with Gasteiger partial charge in [0.1, 0.15) is 16.4 Å². The molecule has 0 unspecified atom stereocenters. The average Bonchev–Trinajstić information content (AvgIpc) is 3.46. The minimum Gasteiger partial charge on any atom is -0.480 e. The third-order valence-corrected chi connectivity index (χ3v) is 6.82. The molecule has 2 heterocycles.